The lowest BCUT2D eigenvalue weighted by molar-refractivity contribution is 0.220. The molecule has 118 valence electrons. The summed E-state index contributed by atoms with van der Waals surface area (Å²) < 4.78 is 29.8. The van der Waals surface area contributed by atoms with Crippen molar-refractivity contribution in [1.82, 2.24) is 14.3 Å². The van der Waals surface area contributed by atoms with Crippen LogP contribution < -0.4 is 4.72 Å². The Hall–Kier alpha value is -1.66. The van der Waals surface area contributed by atoms with Crippen molar-refractivity contribution in [2.24, 2.45) is 5.92 Å². The first-order valence-corrected chi connectivity index (χ1v) is 8.98. The van der Waals surface area contributed by atoms with Crippen LogP contribution in [0.15, 0.2) is 41.8 Å². The van der Waals surface area contributed by atoms with Crippen LogP contribution in [0.5, 0.6) is 0 Å². The van der Waals surface area contributed by atoms with Gasteiger partial charge in [-0.2, -0.15) is 0 Å². The van der Waals surface area contributed by atoms with Gasteiger partial charge in [-0.25, -0.2) is 18.1 Å². The Kier molecular flexibility index (Phi) is 4.06. The van der Waals surface area contributed by atoms with Gasteiger partial charge in [0.05, 0.1) is 11.2 Å². The molecule has 0 spiro atoms. The van der Waals surface area contributed by atoms with Crippen molar-refractivity contribution < 1.29 is 8.42 Å². The van der Waals surface area contributed by atoms with Crippen LogP contribution in [0.25, 0.3) is 0 Å². The molecule has 0 saturated heterocycles. The van der Waals surface area contributed by atoms with Crippen molar-refractivity contribution in [2.45, 2.75) is 44.2 Å². The monoisotopic (exact) mass is 319 g/mol. The summed E-state index contributed by atoms with van der Waals surface area (Å²) in [5.41, 5.74) is 1.86. The molecule has 3 rings (SSSR count). The van der Waals surface area contributed by atoms with Gasteiger partial charge in [0.15, 0.2) is 0 Å². The molecule has 0 unspecified atom stereocenters. The predicted octanol–water partition coefficient (Wildman–Crippen LogP) is 2.26. The summed E-state index contributed by atoms with van der Waals surface area (Å²) in [5.74, 6) is 0.515. The third kappa shape index (κ3) is 3.23. The van der Waals surface area contributed by atoms with Crippen molar-refractivity contribution in [3.05, 3.63) is 48.0 Å². The summed E-state index contributed by atoms with van der Waals surface area (Å²) in [6.07, 6.45) is 7.25. The van der Waals surface area contributed by atoms with E-state index in [1.807, 2.05) is 36.7 Å². The van der Waals surface area contributed by atoms with E-state index < -0.39 is 10.0 Å². The third-order valence-electron chi connectivity index (χ3n) is 4.21. The quantitative estimate of drug-likeness (QED) is 0.919. The molecule has 1 saturated carbocycles. The van der Waals surface area contributed by atoms with Crippen molar-refractivity contribution in [1.29, 1.82) is 0 Å². The van der Waals surface area contributed by atoms with Crippen molar-refractivity contribution >= 4 is 10.0 Å². The van der Waals surface area contributed by atoms with Crippen LogP contribution >= 0.6 is 0 Å². The molecule has 22 heavy (non-hydrogen) atoms. The molecule has 0 atom stereocenters. The van der Waals surface area contributed by atoms with E-state index in [1.165, 1.54) is 0 Å². The fourth-order valence-electron chi connectivity index (χ4n) is 3.06. The van der Waals surface area contributed by atoms with Crippen LogP contribution in [0.4, 0.5) is 0 Å². The third-order valence-corrected chi connectivity index (χ3v) is 5.89. The Bertz CT molecular complexity index is 748. The van der Waals surface area contributed by atoms with E-state index in [2.05, 4.69) is 9.71 Å². The fraction of sp³-hybridized carbons (Fsp3) is 0.438. The molecular weight excluding hydrogens is 298 g/mol. The lowest BCUT2D eigenvalue weighted by Crippen LogP contribution is -2.45. The average Bonchev–Trinajstić information content (AvgIpc) is 2.88. The maximum atomic E-state index is 12.5. The number of hydrogen-bond donors (Lipinski definition) is 1. The predicted molar refractivity (Wildman–Crippen MR) is 85.0 cm³/mol. The van der Waals surface area contributed by atoms with Gasteiger partial charge in [-0.05, 0) is 44.2 Å². The normalized spacial score (nSPS) is 21.5. The van der Waals surface area contributed by atoms with Gasteiger partial charge in [-0.3, -0.25) is 0 Å². The van der Waals surface area contributed by atoms with E-state index in [0.717, 1.165) is 30.5 Å². The zero-order valence-electron chi connectivity index (χ0n) is 12.9. The lowest BCUT2D eigenvalue weighted by atomic mass is 9.81. The van der Waals surface area contributed by atoms with Crippen molar-refractivity contribution in [2.75, 3.05) is 0 Å². The zero-order valence-corrected chi connectivity index (χ0v) is 13.7. The van der Waals surface area contributed by atoms with Gasteiger partial charge in [0.25, 0.3) is 0 Å². The van der Waals surface area contributed by atoms with Gasteiger partial charge in [0.1, 0.15) is 0 Å². The van der Waals surface area contributed by atoms with Crippen molar-refractivity contribution in [3.8, 4) is 0 Å². The average molecular weight is 319 g/mol. The highest BCUT2D eigenvalue weighted by molar-refractivity contribution is 7.89. The minimum atomic E-state index is -3.42. The molecule has 6 heteroatoms. The smallest absolute Gasteiger partial charge is 0.241 e. The molecule has 1 aromatic carbocycles. The minimum Gasteiger partial charge on any atom is -0.337 e. The fourth-order valence-corrected chi connectivity index (χ4v) is 4.55. The maximum Gasteiger partial charge on any atom is 0.241 e. The van der Waals surface area contributed by atoms with Gasteiger partial charge in [0.2, 0.25) is 10.0 Å². The molecule has 1 aromatic heterocycles. The molecule has 1 aliphatic rings. The molecule has 1 N–H and O–H groups in total. The molecular formula is C16H21N3O2S. The van der Waals surface area contributed by atoms with E-state index in [0.29, 0.717) is 10.8 Å². The van der Waals surface area contributed by atoms with Gasteiger partial charge < -0.3 is 4.57 Å². The number of hydrogen-bond acceptors (Lipinski definition) is 3. The molecule has 0 aliphatic heterocycles. The number of imidazole rings is 1. The summed E-state index contributed by atoms with van der Waals surface area (Å²) in [6.45, 7) is 4.70. The Labute approximate surface area is 131 Å². The molecule has 0 amide bonds. The topological polar surface area (TPSA) is 64.0 Å². The molecule has 0 radical (unpaired) electrons. The van der Waals surface area contributed by atoms with E-state index in [9.17, 15) is 8.42 Å². The molecule has 1 heterocycles. The lowest BCUT2D eigenvalue weighted by Gasteiger charge is -2.35. The van der Waals surface area contributed by atoms with Gasteiger partial charge >= 0.3 is 0 Å². The number of nitrogens with zero attached hydrogens (tertiary/aromatic N) is 2. The zero-order chi connectivity index (χ0) is 15.7. The highest BCUT2D eigenvalue weighted by Gasteiger charge is 2.33. The van der Waals surface area contributed by atoms with E-state index in [1.54, 1.807) is 18.6 Å². The van der Waals surface area contributed by atoms with E-state index in [-0.39, 0.29) is 6.04 Å². The Morgan fingerprint density at radius 2 is 2.09 bits per heavy atom. The Morgan fingerprint density at radius 3 is 2.73 bits per heavy atom. The highest BCUT2D eigenvalue weighted by atomic mass is 32.2. The van der Waals surface area contributed by atoms with Crippen LogP contribution in [-0.4, -0.2) is 24.0 Å². The summed E-state index contributed by atoms with van der Waals surface area (Å²) in [7, 11) is -3.42. The van der Waals surface area contributed by atoms with Crippen LogP contribution in [0.1, 0.15) is 24.0 Å². The summed E-state index contributed by atoms with van der Waals surface area (Å²) in [6, 6.07) is 5.47. The second-order valence-corrected chi connectivity index (χ2v) is 7.87. The number of sulfonamides is 1. The highest BCUT2D eigenvalue weighted by Crippen LogP contribution is 2.30. The minimum absolute atomic E-state index is 0.0409. The van der Waals surface area contributed by atoms with Crippen molar-refractivity contribution in [3.63, 3.8) is 0 Å². The van der Waals surface area contributed by atoms with Crippen LogP contribution in [-0.2, 0) is 16.6 Å². The molecule has 0 bridgehead atoms. The number of rotatable bonds is 5. The number of aromatic nitrogens is 2. The van der Waals surface area contributed by atoms with Gasteiger partial charge in [0, 0.05) is 25.0 Å². The van der Waals surface area contributed by atoms with Gasteiger partial charge in [-0.1, -0.05) is 17.7 Å². The first-order chi connectivity index (χ1) is 10.4. The van der Waals surface area contributed by atoms with Crippen LogP contribution in [0.2, 0.25) is 0 Å². The summed E-state index contributed by atoms with van der Waals surface area (Å²) >= 11 is 0. The maximum absolute atomic E-state index is 12.5. The SMILES string of the molecule is Cc1ccc(S(=O)(=O)NC2CC(Cn3ccnc3)C2)c(C)c1. The second-order valence-electron chi connectivity index (χ2n) is 6.18. The number of benzene rings is 1. The van der Waals surface area contributed by atoms with Crippen LogP contribution in [0, 0.1) is 19.8 Å². The molecule has 1 aliphatic carbocycles. The molecule has 2 aromatic rings. The second kappa shape index (κ2) is 5.85. The van der Waals surface area contributed by atoms with Crippen LogP contribution in [0.3, 0.4) is 0 Å². The first kappa shape index (κ1) is 15.2. The largest absolute Gasteiger partial charge is 0.337 e. The first-order valence-electron chi connectivity index (χ1n) is 7.49. The summed E-state index contributed by atoms with van der Waals surface area (Å²) in [4.78, 5) is 4.41. The number of aryl methyl sites for hydroxylation is 2. The summed E-state index contributed by atoms with van der Waals surface area (Å²) in [5, 5.41) is 0. The Morgan fingerprint density at radius 1 is 1.32 bits per heavy atom. The molecule has 5 nitrogen and oxygen atoms in total. The molecule has 1 fully saturated rings. The number of nitrogens with one attached hydrogen (secondary N) is 1. The standard InChI is InChI=1S/C16H21N3O2S/c1-12-3-4-16(13(2)7-12)22(20,21)18-15-8-14(9-15)10-19-6-5-17-11-19/h3-7,11,14-15,18H,8-10H2,1-2H3. The van der Waals surface area contributed by atoms with E-state index >= 15 is 0 Å². The Balaban J connectivity index is 1.59. The van der Waals surface area contributed by atoms with Gasteiger partial charge in [-0.15, -0.1) is 0 Å². The van der Waals surface area contributed by atoms with E-state index in [4.69, 9.17) is 0 Å².